The van der Waals surface area contributed by atoms with Crippen molar-refractivity contribution in [1.29, 1.82) is 0 Å². The minimum Gasteiger partial charge on any atom is -0.403 e. The van der Waals surface area contributed by atoms with Gasteiger partial charge >= 0.3 is 6.36 Å². The molecule has 0 heterocycles. The fourth-order valence-electron chi connectivity index (χ4n) is 2.08. The van der Waals surface area contributed by atoms with E-state index >= 15 is 0 Å². The highest BCUT2D eigenvalue weighted by Gasteiger charge is 2.33. The van der Waals surface area contributed by atoms with E-state index in [1.165, 1.54) is 19.1 Å². The van der Waals surface area contributed by atoms with Crippen LogP contribution in [0.5, 0.6) is 5.75 Å². The first-order valence-corrected chi connectivity index (χ1v) is 6.60. The average Bonchev–Trinajstić information content (AvgIpc) is 2.42. The number of alkyl halides is 3. The van der Waals surface area contributed by atoms with Crippen LogP contribution in [0.1, 0.15) is 11.1 Å². The molecule has 0 aliphatic heterocycles. The predicted octanol–water partition coefficient (Wildman–Crippen LogP) is 5.44. The van der Waals surface area contributed by atoms with Gasteiger partial charge in [0.1, 0.15) is 5.82 Å². The van der Waals surface area contributed by atoms with Gasteiger partial charge in [0.15, 0.2) is 11.6 Å². The first kappa shape index (κ1) is 16.6. The molecule has 0 radical (unpaired) electrons. The summed E-state index contributed by atoms with van der Waals surface area (Å²) in [4.78, 5) is -0.340. The molecule has 118 valence electrons. The van der Waals surface area contributed by atoms with E-state index in [9.17, 15) is 22.0 Å². The van der Waals surface area contributed by atoms with Gasteiger partial charge in [0.2, 0.25) is 0 Å². The van der Waals surface area contributed by atoms with Crippen LogP contribution in [0.25, 0.3) is 11.1 Å². The van der Waals surface area contributed by atoms with Gasteiger partial charge in [-0.3, -0.25) is 0 Å². The standard InChI is InChI=1S/C15H11F5OS/c1-7-3-4-9(8(2)12(7)16)10-5-6-11(13(17)14(10)22)21-15(18,19)20/h3-6,22H,1-2H3. The summed E-state index contributed by atoms with van der Waals surface area (Å²) in [6, 6.07) is 5.12. The molecule has 0 aliphatic rings. The Labute approximate surface area is 129 Å². The summed E-state index contributed by atoms with van der Waals surface area (Å²) >= 11 is 3.90. The van der Waals surface area contributed by atoms with E-state index in [2.05, 4.69) is 17.4 Å². The molecule has 0 spiro atoms. The summed E-state index contributed by atoms with van der Waals surface area (Å²) in [7, 11) is 0. The fraction of sp³-hybridized carbons (Fsp3) is 0.200. The van der Waals surface area contributed by atoms with E-state index in [1.807, 2.05) is 0 Å². The number of hydrogen-bond donors (Lipinski definition) is 1. The molecule has 0 atom stereocenters. The lowest BCUT2D eigenvalue weighted by atomic mass is 9.97. The highest BCUT2D eigenvalue weighted by Crippen LogP contribution is 2.37. The Kier molecular flexibility index (Phi) is 4.37. The molecule has 2 aromatic carbocycles. The van der Waals surface area contributed by atoms with Gasteiger partial charge in [-0.25, -0.2) is 8.78 Å². The van der Waals surface area contributed by atoms with Gasteiger partial charge in [0.05, 0.1) is 4.90 Å². The molecule has 0 saturated heterocycles. The maximum absolute atomic E-state index is 14.0. The third-order valence-corrected chi connectivity index (χ3v) is 3.61. The summed E-state index contributed by atoms with van der Waals surface area (Å²) in [6.07, 6.45) is -5.01. The minimum absolute atomic E-state index is 0.187. The van der Waals surface area contributed by atoms with Gasteiger partial charge in [0.25, 0.3) is 0 Å². The van der Waals surface area contributed by atoms with E-state index in [1.54, 1.807) is 13.0 Å². The molecule has 1 nitrogen and oxygen atoms in total. The van der Waals surface area contributed by atoms with Crippen molar-refractivity contribution in [3.8, 4) is 16.9 Å². The van der Waals surface area contributed by atoms with Crippen molar-refractivity contribution in [1.82, 2.24) is 0 Å². The van der Waals surface area contributed by atoms with Gasteiger partial charge in [-0.05, 0) is 48.2 Å². The normalized spacial score (nSPS) is 11.6. The second-order valence-electron chi connectivity index (χ2n) is 4.69. The molecular weight excluding hydrogens is 323 g/mol. The highest BCUT2D eigenvalue weighted by atomic mass is 32.1. The van der Waals surface area contributed by atoms with Crippen molar-refractivity contribution in [3.63, 3.8) is 0 Å². The van der Waals surface area contributed by atoms with E-state index in [0.29, 0.717) is 11.1 Å². The molecule has 0 amide bonds. The summed E-state index contributed by atoms with van der Waals surface area (Å²) in [6.45, 7) is 3.08. The molecule has 0 aromatic heterocycles. The Morgan fingerprint density at radius 3 is 2.09 bits per heavy atom. The number of thiol groups is 1. The zero-order valence-corrected chi connectivity index (χ0v) is 12.4. The second kappa shape index (κ2) is 5.79. The van der Waals surface area contributed by atoms with Crippen LogP contribution < -0.4 is 4.74 Å². The summed E-state index contributed by atoms with van der Waals surface area (Å²) in [5.74, 6) is -2.69. The smallest absolute Gasteiger partial charge is 0.403 e. The van der Waals surface area contributed by atoms with Crippen molar-refractivity contribution < 1.29 is 26.7 Å². The third-order valence-electron chi connectivity index (χ3n) is 3.18. The van der Waals surface area contributed by atoms with Crippen LogP contribution in [0.2, 0.25) is 0 Å². The topological polar surface area (TPSA) is 9.23 Å². The Morgan fingerprint density at radius 2 is 1.50 bits per heavy atom. The molecule has 0 N–H and O–H groups in total. The molecule has 22 heavy (non-hydrogen) atoms. The number of benzene rings is 2. The molecule has 0 unspecified atom stereocenters. The molecule has 0 fully saturated rings. The summed E-state index contributed by atoms with van der Waals surface area (Å²) in [5, 5.41) is 0. The van der Waals surface area contributed by atoms with Crippen LogP contribution in [0.3, 0.4) is 0 Å². The number of rotatable bonds is 2. The third kappa shape index (κ3) is 3.19. The number of ether oxygens (including phenoxy) is 1. The van der Waals surface area contributed by atoms with Crippen molar-refractivity contribution in [2.75, 3.05) is 0 Å². The molecule has 0 aliphatic carbocycles. The molecule has 2 rings (SSSR count). The van der Waals surface area contributed by atoms with Crippen LogP contribution in [-0.2, 0) is 0 Å². The molecule has 2 aromatic rings. The van der Waals surface area contributed by atoms with Crippen LogP contribution in [0, 0.1) is 25.5 Å². The first-order chi connectivity index (χ1) is 10.1. The van der Waals surface area contributed by atoms with Crippen LogP contribution in [0.15, 0.2) is 29.2 Å². The first-order valence-electron chi connectivity index (χ1n) is 6.15. The van der Waals surface area contributed by atoms with Gasteiger partial charge in [-0.2, -0.15) is 0 Å². The van der Waals surface area contributed by atoms with Gasteiger partial charge < -0.3 is 4.74 Å². The quantitative estimate of drug-likeness (QED) is 0.569. The van der Waals surface area contributed by atoms with Gasteiger partial charge in [-0.15, -0.1) is 25.8 Å². The van der Waals surface area contributed by atoms with E-state index in [-0.39, 0.29) is 16.0 Å². The number of halogens is 5. The zero-order valence-electron chi connectivity index (χ0n) is 11.6. The lowest BCUT2D eigenvalue weighted by Crippen LogP contribution is -2.18. The molecule has 0 saturated carbocycles. The van der Waals surface area contributed by atoms with Gasteiger partial charge in [0, 0.05) is 0 Å². The Balaban J connectivity index is 2.55. The molecule has 7 heteroatoms. The second-order valence-corrected chi connectivity index (χ2v) is 5.14. The van der Waals surface area contributed by atoms with Crippen LogP contribution >= 0.6 is 12.6 Å². The fourth-order valence-corrected chi connectivity index (χ4v) is 2.38. The lowest BCUT2D eigenvalue weighted by molar-refractivity contribution is -0.275. The van der Waals surface area contributed by atoms with E-state index in [4.69, 9.17) is 0 Å². The Hall–Kier alpha value is -1.76. The lowest BCUT2D eigenvalue weighted by Gasteiger charge is -2.15. The predicted molar refractivity (Wildman–Crippen MR) is 75.2 cm³/mol. The van der Waals surface area contributed by atoms with Crippen LogP contribution in [-0.4, -0.2) is 6.36 Å². The zero-order chi connectivity index (χ0) is 16.7. The average molecular weight is 334 g/mol. The van der Waals surface area contributed by atoms with Crippen LogP contribution in [0.4, 0.5) is 22.0 Å². The minimum atomic E-state index is -5.01. The number of aryl methyl sites for hydroxylation is 1. The maximum Gasteiger partial charge on any atom is 0.573 e. The highest BCUT2D eigenvalue weighted by molar-refractivity contribution is 7.80. The van der Waals surface area contributed by atoms with Crippen molar-refractivity contribution in [2.24, 2.45) is 0 Å². The van der Waals surface area contributed by atoms with E-state index < -0.39 is 23.7 Å². The van der Waals surface area contributed by atoms with Crippen molar-refractivity contribution >= 4 is 12.6 Å². The summed E-state index contributed by atoms with van der Waals surface area (Å²) < 4.78 is 68.0. The largest absolute Gasteiger partial charge is 0.573 e. The van der Waals surface area contributed by atoms with Crippen molar-refractivity contribution in [3.05, 3.63) is 47.0 Å². The summed E-state index contributed by atoms with van der Waals surface area (Å²) in [5.41, 5.74) is 1.22. The van der Waals surface area contributed by atoms with Gasteiger partial charge in [-0.1, -0.05) is 12.1 Å². The molecule has 0 bridgehead atoms. The Morgan fingerprint density at radius 1 is 0.909 bits per heavy atom. The van der Waals surface area contributed by atoms with E-state index in [0.717, 1.165) is 6.07 Å². The van der Waals surface area contributed by atoms with Crippen molar-refractivity contribution in [2.45, 2.75) is 25.1 Å². The SMILES string of the molecule is Cc1ccc(-c2ccc(OC(F)(F)F)c(F)c2S)c(C)c1F. The monoisotopic (exact) mass is 334 g/mol. The maximum atomic E-state index is 14.0. The Bertz CT molecular complexity index is 725. The molecular formula is C15H11F5OS. The number of hydrogen-bond acceptors (Lipinski definition) is 2.